The molecule has 0 spiro atoms. The quantitative estimate of drug-likeness (QED) is 0.125. The summed E-state index contributed by atoms with van der Waals surface area (Å²) in [6, 6.07) is 30.7. The molecule has 2 saturated carbocycles. The van der Waals surface area contributed by atoms with Gasteiger partial charge < -0.3 is 25.1 Å². The molecule has 0 radical (unpaired) electrons. The van der Waals surface area contributed by atoms with E-state index in [1.807, 2.05) is 60.7 Å². The van der Waals surface area contributed by atoms with E-state index in [0.717, 1.165) is 117 Å². The number of H-pyrrole nitrogens is 1. The Morgan fingerprint density at radius 3 is 1.78 bits per heavy atom. The number of nitrogens with zero attached hydrogens (tertiary/aromatic N) is 4. The van der Waals surface area contributed by atoms with Crippen LogP contribution < -0.4 is 20.1 Å². The largest absolute Gasteiger partial charge is 0.496 e. The Hall–Kier alpha value is -6.44. The van der Waals surface area contributed by atoms with Crippen LogP contribution in [0.3, 0.4) is 0 Å². The van der Waals surface area contributed by atoms with Crippen LogP contribution in [0.4, 0.5) is 11.6 Å². The average Bonchev–Trinajstić information content (AvgIpc) is 4.12. The summed E-state index contributed by atoms with van der Waals surface area (Å²) in [6.45, 7) is 0. The maximum Gasteiger partial charge on any atom is 0.260 e. The molecule has 1 aliphatic heterocycles. The Bertz CT molecular complexity index is 2900. The highest BCUT2D eigenvalue weighted by Crippen LogP contribution is 2.50. The number of ether oxygens (including phenoxy) is 2. The Labute approximate surface area is 373 Å². The number of fused-ring (bicyclic) bond motifs is 2. The lowest BCUT2D eigenvalue weighted by Gasteiger charge is -2.24. The first-order chi connectivity index (χ1) is 31.0. The first kappa shape index (κ1) is 40.6. The van der Waals surface area contributed by atoms with Gasteiger partial charge in [-0.05, 0) is 86.1 Å². The monoisotopic (exact) mass is 873 g/mol. The molecule has 318 valence electrons. The third-order valence-electron chi connectivity index (χ3n) is 12.4. The van der Waals surface area contributed by atoms with Gasteiger partial charge >= 0.3 is 0 Å². The fourth-order valence-electron chi connectivity index (χ4n) is 9.41. The summed E-state index contributed by atoms with van der Waals surface area (Å²) in [5.41, 5.74) is 6.22. The number of hydrogen-bond acceptors (Lipinski definition) is 9. The number of amidine groups is 2. The Balaban J connectivity index is 1.20. The van der Waals surface area contributed by atoms with Crippen molar-refractivity contribution in [3.8, 4) is 22.1 Å². The van der Waals surface area contributed by atoms with E-state index in [1.54, 1.807) is 61.2 Å². The Kier molecular flexibility index (Phi) is 11.4. The zero-order valence-corrected chi connectivity index (χ0v) is 36.8. The van der Waals surface area contributed by atoms with E-state index in [9.17, 15) is 9.59 Å². The standard InChI is InChI=1S/C50H47N7O4S2/c1-60-35-25-13-9-21-31(35)47(58)56-45-41(49-51-33-23-11-15-27-37(33)62-49)39(29-17-5-3-6-18-29)43(54-45)53-44-40(30-19-7-4-8-20-30)42(50-52-34-24-12-16-28-38(34)63-50)46(55-44)57-48(59)32-22-10-14-26-36(32)61-2/h9-16,21-30,54H,3-8,17-20H2,1-2H3,(H,56,58)(H,53,55,57,59). The third-order valence-corrected chi connectivity index (χ3v) is 14.5. The summed E-state index contributed by atoms with van der Waals surface area (Å²) in [5.74, 6) is 2.65. The zero-order chi connectivity index (χ0) is 42.9. The third kappa shape index (κ3) is 7.95. The van der Waals surface area contributed by atoms with Crippen molar-refractivity contribution >= 4 is 83.8 Å². The van der Waals surface area contributed by atoms with E-state index < -0.39 is 0 Å². The Morgan fingerprint density at radius 2 is 1.17 bits per heavy atom. The van der Waals surface area contributed by atoms with Crippen molar-refractivity contribution in [2.24, 2.45) is 15.9 Å². The summed E-state index contributed by atoms with van der Waals surface area (Å²) in [6.07, 6.45) is 10.5. The first-order valence-corrected chi connectivity index (χ1v) is 23.4. The highest BCUT2D eigenvalue weighted by atomic mass is 32.1. The fourth-order valence-corrected chi connectivity index (χ4v) is 11.5. The molecular weight excluding hydrogens is 827 g/mol. The van der Waals surface area contributed by atoms with Gasteiger partial charge in [-0.25, -0.2) is 20.0 Å². The zero-order valence-electron chi connectivity index (χ0n) is 35.2. The average molecular weight is 874 g/mol. The number of aromatic amines is 1. The molecule has 0 saturated heterocycles. The van der Waals surface area contributed by atoms with E-state index >= 15 is 0 Å². The van der Waals surface area contributed by atoms with Crippen molar-refractivity contribution < 1.29 is 19.1 Å². The van der Waals surface area contributed by atoms with Gasteiger partial charge in [0.25, 0.3) is 11.8 Å². The second-order valence-corrected chi connectivity index (χ2v) is 18.3. The van der Waals surface area contributed by atoms with Crippen LogP contribution in [0.25, 0.3) is 36.6 Å². The second kappa shape index (κ2) is 17.7. The van der Waals surface area contributed by atoms with Gasteiger partial charge in [0.05, 0.1) is 56.9 Å². The number of aromatic nitrogens is 3. The predicted octanol–water partition coefficient (Wildman–Crippen LogP) is 12.1. The van der Waals surface area contributed by atoms with Crippen LogP contribution in [0.15, 0.2) is 113 Å². The first-order valence-electron chi connectivity index (χ1n) is 21.8. The number of thiazole rings is 2. The summed E-state index contributed by atoms with van der Waals surface area (Å²) >= 11 is 3.19. The number of carbonyl (C=O) groups excluding carboxylic acids is 2. The van der Waals surface area contributed by atoms with Crippen LogP contribution in [-0.4, -0.2) is 52.7 Å². The normalized spacial score (nSPS) is 16.8. The van der Waals surface area contributed by atoms with Crippen LogP contribution in [0, 0.1) is 5.92 Å². The van der Waals surface area contributed by atoms with Crippen LogP contribution in [0.2, 0.25) is 0 Å². The van der Waals surface area contributed by atoms with Crippen LogP contribution in [0.5, 0.6) is 11.5 Å². The molecule has 0 bridgehead atoms. The van der Waals surface area contributed by atoms with Gasteiger partial charge in [-0.1, -0.05) is 87.1 Å². The van der Waals surface area contributed by atoms with Gasteiger partial charge in [-0.2, -0.15) is 0 Å². The number of carbonyl (C=O) groups is 2. The van der Waals surface area contributed by atoms with Gasteiger partial charge in [-0.15, -0.1) is 22.7 Å². The number of methoxy groups -OCH3 is 2. The molecule has 11 nitrogen and oxygen atoms in total. The smallest absolute Gasteiger partial charge is 0.260 e. The molecule has 4 aromatic carbocycles. The molecule has 4 heterocycles. The number of amides is 2. The number of nitrogens with one attached hydrogen (secondary N) is 3. The molecule has 10 rings (SSSR count). The molecule has 0 atom stereocenters. The minimum Gasteiger partial charge on any atom is -0.496 e. The molecule has 63 heavy (non-hydrogen) atoms. The minimum atomic E-state index is -0.337. The van der Waals surface area contributed by atoms with Gasteiger partial charge in [0.2, 0.25) is 0 Å². The lowest BCUT2D eigenvalue weighted by atomic mass is 9.81. The van der Waals surface area contributed by atoms with Crippen molar-refractivity contribution in [3.63, 3.8) is 0 Å². The second-order valence-electron chi connectivity index (χ2n) is 16.3. The molecule has 3 N–H and O–H groups in total. The molecule has 0 unspecified atom stereocenters. The van der Waals surface area contributed by atoms with Gasteiger partial charge in [-0.3, -0.25) is 9.59 Å². The lowest BCUT2D eigenvalue weighted by molar-refractivity contribution is 0.0973. The molecule has 13 heteroatoms. The summed E-state index contributed by atoms with van der Waals surface area (Å²) < 4.78 is 13.3. The van der Waals surface area contributed by atoms with E-state index in [4.69, 9.17) is 29.4 Å². The van der Waals surface area contributed by atoms with Gasteiger partial charge in [0.15, 0.2) is 5.84 Å². The summed E-state index contributed by atoms with van der Waals surface area (Å²) in [7, 11) is 3.13. The van der Waals surface area contributed by atoms with Gasteiger partial charge in [0, 0.05) is 11.1 Å². The van der Waals surface area contributed by atoms with Crippen molar-refractivity contribution in [2.45, 2.75) is 70.1 Å². The van der Waals surface area contributed by atoms with Crippen LogP contribution >= 0.6 is 22.7 Å². The number of para-hydroxylation sites is 4. The Morgan fingerprint density at radius 1 is 0.651 bits per heavy atom. The van der Waals surface area contributed by atoms with Crippen molar-refractivity contribution in [1.29, 1.82) is 0 Å². The van der Waals surface area contributed by atoms with Crippen molar-refractivity contribution in [3.05, 3.63) is 124 Å². The molecule has 2 fully saturated rings. The highest BCUT2D eigenvalue weighted by molar-refractivity contribution is 7.21. The minimum absolute atomic E-state index is 0.130. The molecule has 3 aliphatic rings. The molecular formula is C50H47N7O4S2. The number of aliphatic imine (C=N–C) groups is 2. The predicted molar refractivity (Wildman–Crippen MR) is 254 cm³/mol. The van der Waals surface area contributed by atoms with E-state index in [0.29, 0.717) is 45.9 Å². The number of benzene rings is 4. The lowest BCUT2D eigenvalue weighted by Crippen LogP contribution is -2.31. The van der Waals surface area contributed by atoms with Crippen molar-refractivity contribution in [2.75, 3.05) is 19.5 Å². The van der Waals surface area contributed by atoms with E-state index in [1.165, 1.54) is 0 Å². The molecule has 2 amide bonds. The SMILES string of the molecule is COc1ccccc1C(=O)NC1=N/C(=N\c2[nH]c(NC(=O)c3ccccc3OC)c(-c3nc4ccccc4s3)c2C2CCCCC2)C(C2CCCCC2)=C1c1nc2ccccc2s1. The topological polar surface area (TPSA) is 143 Å². The summed E-state index contributed by atoms with van der Waals surface area (Å²) in [4.78, 5) is 53.4. The van der Waals surface area contributed by atoms with E-state index in [2.05, 4.69) is 27.8 Å². The maximum atomic E-state index is 14.3. The summed E-state index contributed by atoms with van der Waals surface area (Å²) in [5, 5.41) is 8.04. The number of hydrogen-bond donors (Lipinski definition) is 3. The fraction of sp³-hybridized carbons (Fsp3) is 0.280. The highest BCUT2D eigenvalue weighted by Gasteiger charge is 2.37. The number of anilines is 1. The molecule has 7 aromatic rings. The van der Waals surface area contributed by atoms with E-state index in [-0.39, 0.29) is 23.7 Å². The van der Waals surface area contributed by atoms with Crippen LogP contribution in [0.1, 0.15) is 101 Å². The molecule has 2 aliphatic carbocycles. The number of rotatable bonds is 10. The van der Waals surface area contributed by atoms with Gasteiger partial charge in [0.1, 0.15) is 39.0 Å². The van der Waals surface area contributed by atoms with Crippen molar-refractivity contribution in [1.82, 2.24) is 20.3 Å². The van der Waals surface area contributed by atoms with Crippen LogP contribution in [-0.2, 0) is 0 Å². The molecule has 3 aromatic heterocycles. The maximum absolute atomic E-state index is 14.3.